The van der Waals surface area contributed by atoms with Crippen molar-refractivity contribution in [3.63, 3.8) is 0 Å². The number of hydrogen-bond acceptors (Lipinski definition) is 3. The Morgan fingerprint density at radius 1 is 1.44 bits per heavy atom. The van der Waals surface area contributed by atoms with E-state index in [1.807, 2.05) is 6.92 Å². The van der Waals surface area contributed by atoms with Crippen molar-refractivity contribution in [2.75, 3.05) is 26.2 Å². The molecular weight excluding hydrogens is 114 g/mol. The lowest BCUT2D eigenvalue weighted by Crippen LogP contribution is -2.50. The van der Waals surface area contributed by atoms with Crippen LogP contribution in [-0.2, 0) is 0 Å². The Labute approximate surface area is 56.2 Å². The van der Waals surface area contributed by atoms with E-state index < -0.39 is 0 Å². The van der Waals surface area contributed by atoms with Gasteiger partial charge in [-0.2, -0.15) is 0 Å². The van der Waals surface area contributed by atoms with Crippen LogP contribution < -0.4 is 11.1 Å². The van der Waals surface area contributed by atoms with E-state index in [0.29, 0.717) is 0 Å². The first-order valence-electron chi connectivity index (χ1n) is 3.51. The van der Waals surface area contributed by atoms with Crippen molar-refractivity contribution in [2.45, 2.75) is 13.1 Å². The Morgan fingerprint density at radius 3 is 2.33 bits per heavy atom. The fourth-order valence-corrected chi connectivity index (χ4v) is 1.09. The summed E-state index contributed by atoms with van der Waals surface area (Å²) in [6, 6.07) is 0. The first-order valence-corrected chi connectivity index (χ1v) is 3.51. The predicted molar refractivity (Wildman–Crippen MR) is 38.1 cm³/mol. The van der Waals surface area contributed by atoms with E-state index in [9.17, 15) is 0 Å². The first-order chi connectivity index (χ1) is 4.30. The molecule has 3 heteroatoms. The number of nitrogens with one attached hydrogen (secondary N) is 1. The van der Waals surface area contributed by atoms with Crippen LogP contribution in [0.25, 0.3) is 0 Å². The van der Waals surface area contributed by atoms with E-state index in [0.717, 1.165) is 26.2 Å². The summed E-state index contributed by atoms with van der Waals surface area (Å²) in [6.45, 7) is 6.39. The monoisotopic (exact) mass is 129 g/mol. The van der Waals surface area contributed by atoms with E-state index in [4.69, 9.17) is 5.73 Å². The molecule has 1 rings (SSSR count). The Morgan fingerprint density at radius 2 is 2.00 bits per heavy atom. The van der Waals surface area contributed by atoms with Crippen LogP contribution in [0.3, 0.4) is 0 Å². The summed E-state index contributed by atoms with van der Waals surface area (Å²) in [5.74, 6) is 0. The molecule has 1 unspecified atom stereocenters. The minimum Gasteiger partial charge on any atom is -0.316 e. The van der Waals surface area contributed by atoms with Gasteiger partial charge < -0.3 is 11.1 Å². The summed E-state index contributed by atoms with van der Waals surface area (Å²) >= 11 is 0. The lowest BCUT2D eigenvalue weighted by Gasteiger charge is -2.30. The minimum absolute atomic E-state index is 0.229. The van der Waals surface area contributed by atoms with Gasteiger partial charge in [-0.15, -0.1) is 0 Å². The molecule has 1 atom stereocenters. The van der Waals surface area contributed by atoms with Gasteiger partial charge in [0.15, 0.2) is 0 Å². The molecule has 1 fully saturated rings. The van der Waals surface area contributed by atoms with Crippen molar-refractivity contribution in [2.24, 2.45) is 5.73 Å². The normalized spacial score (nSPS) is 26.0. The maximum atomic E-state index is 5.67. The van der Waals surface area contributed by atoms with Crippen LogP contribution in [0, 0.1) is 0 Å². The fourth-order valence-electron chi connectivity index (χ4n) is 1.09. The molecule has 0 amide bonds. The second-order valence-corrected chi connectivity index (χ2v) is 2.53. The predicted octanol–water partition coefficient (Wildman–Crippen LogP) is -0.804. The smallest absolute Gasteiger partial charge is 0.0543 e. The molecule has 1 aliphatic rings. The molecule has 0 aromatic rings. The van der Waals surface area contributed by atoms with Crippen molar-refractivity contribution in [1.29, 1.82) is 0 Å². The van der Waals surface area contributed by atoms with E-state index in [1.165, 1.54) is 0 Å². The third kappa shape index (κ3) is 1.93. The SMILES string of the molecule is CC(N)N1CCNCC1. The second-order valence-electron chi connectivity index (χ2n) is 2.53. The highest BCUT2D eigenvalue weighted by Crippen LogP contribution is 1.93. The van der Waals surface area contributed by atoms with Gasteiger partial charge in [0.25, 0.3) is 0 Å². The van der Waals surface area contributed by atoms with Gasteiger partial charge >= 0.3 is 0 Å². The number of nitrogens with two attached hydrogens (primary N) is 1. The average molecular weight is 129 g/mol. The Balaban J connectivity index is 2.23. The van der Waals surface area contributed by atoms with Crippen LogP contribution in [0.2, 0.25) is 0 Å². The molecule has 0 aromatic heterocycles. The summed E-state index contributed by atoms with van der Waals surface area (Å²) in [5.41, 5.74) is 5.67. The zero-order chi connectivity index (χ0) is 6.69. The first kappa shape index (κ1) is 6.99. The van der Waals surface area contributed by atoms with Gasteiger partial charge in [-0.05, 0) is 6.92 Å². The Kier molecular flexibility index (Phi) is 2.45. The highest BCUT2D eigenvalue weighted by Gasteiger charge is 2.11. The molecule has 9 heavy (non-hydrogen) atoms. The van der Waals surface area contributed by atoms with Gasteiger partial charge in [-0.3, -0.25) is 4.90 Å². The van der Waals surface area contributed by atoms with Crippen molar-refractivity contribution in [3.05, 3.63) is 0 Å². The quantitative estimate of drug-likeness (QED) is 0.487. The molecule has 3 nitrogen and oxygen atoms in total. The number of rotatable bonds is 1. The zero-order valence-corrected chi connectivity index (χ0v) is 5.93. The summed E-state index contributed by atoms with van der Waals surface area (Å²) < 4.78 is 0. The molecular formula is C6H15N3. The molecule has 1 saturated heterocycles. The molecule has 0 aliphatic carbocycles. The third-order valence-corrected chi connectivity index (χ3v) is 1.73. The summed E-state index contributed by atoms with van der Waals surface area (Å²) in [6.07, 6.45) is 0.229. The van der Waals surface area contributed by atoms with E-state index in [2.05, 4.69) is 10.2 Å². The second kappa shape index (κ2) is 3.15. The maximum Gasteiger partial charge on any atom is 0.0543 e. The number of nitrogens with zero attached hydrogens (tertiary/aromatic N) is 1. The highest BCUT2D eigenvalue weighted by molar-refractivity contribution is 4.69. The lowest BCUT2D eigenvalue weighted by molar-refractivity contribution is 0.188. The Bertz CT molecular complexity index is 76.4. The van der Waals surface area contributed by atoms with Gasteiger partial charge in [-0.25, -0.2) is 0 Å². The van der Waals surface area contributed by atoms with Gasteiger partial charge in [0.2, 0.25) is 0 Å². The van der Waals surface area contributed by atoms with Crippen LogP contribution in [-0.4, -0.2) is 37.2 Å². The molecule has 54 valence electrons. The summed E-state index contributed by atoms with van der Waals surface area (Å²) in [7, 11) is 0. The van der Waals surface area contributed by atoms with Gasteiger partial charge in [0.05, 0.1) is 6.17 Å². The lowest BCUT2D eigenvalue weighted by atomic mass is 10.3. The van der Waals surface area contributed by atoms with Crippen molar-refractivity contribution < 1.29 is 0 Å². The Hall–Kier alpha value is -0.120. The minimum atomic E-state index is 0.229. The fraction of sp³-hybridized carbons (Fsp3) is 1.00. The van der Waals surface area contributed by atoms with E-state index >= 15 is 0 Å². The van der Waals surface area contributed by atoms with Crippen molar-refractivity contribution in [3.8, 4) is 0 Å². The van der Waals surface area contributed by atoms with Gasteiger partial charge in [0, 0.05) is 26.2 Å². The van der Waals surface area contributed by atoms with Crippen LogP contribution in [0.4, 0.5) is 0 Å². The molecule has 1 heterocycles. The van der Waals surface area contributed by atoms with Gasteiger partial charge in [0.1, 0.15) is 0 Å². The topological polar surface area (TPSA) is 41.3 Å². The van der Waals surface area contributed by atoms with E-state index in [1.54, 1.807) is 0 Å². The molecule has 0 saturated carbocycles. The molecule has 1 aliphatic heterocycles. The molecule has 0 spiro atoms. The van der Waals surface area contributed by atoms with Crippen LogP contribution in [0.15, 0.2) is 0 Å². The highest BCUT2D eigenvalue weighted by atomic mass is 15.2. The van der Waals surface area contributed by atoms with Crippen LogP contribution in [0.1, 0.15) is 6.92 Å². The zero-order valence-electron chi connectivity index (χ0n) is 5.93. The third-order valence-electron chi connectivity index (χ3n) is 1.73. The molecule has 3 N–H and O–H groups in total. The molecule has 0 bridgehead atoms. The van der Waals surface area contributed by atoms with Gasteiger partial charge in [-0.1, -0.05) is 0 Å². The summed E-state index contributed by atoms with van der Waals surface area (Å²) in [5, 5.41) is 3.27. The summed E-state index contributed by atoms with van der Waals surface area (Å²) in [4.78, 5) is 2.27. The average Bonchev–Trinajstić information content (AvgIpc) is 1.90. The van der Waals surface area contributed by atoms with Crippen molar-refractivity contribution >= 4 is 0 Å². The maximum absolute atomic E-state index is 5.67. The van der Waals surface area contributed by atoms with Crippen LogP contribution in [0.5, 0.6) is 0 Å². The van der Waals surface area contributed by atoms with E-state index in [-0.39, 0.29) is 6.17 Å². The largest absolute Gasteiger partial charge is 0.316 e. The molecule has 0 radical (unpaired) electrons. The van der Waals surface area contributed by atoms with Crippen molar-refractivity contribution in [1.82, 2.24) is 10.2 Å². The molecule has 0 aromatic carbocycles. The standard InChI is InChI=1S/C6H15N3/c1-6(7)9-4-2-8-3-5-9/h6,8H,2-5,7H2,1H3. The van der Waals surface area contributed by atoms with Crippen LogP contribution >= 0.6 is 0 Å². The number of piperazine rings is 1. The number of hydrogen-bond donors (Lipinski definition) is 2.